The Morgan fingerprint density at radius 2 is 1.85 bits per heavy atom. The Labute approximate surface area is 203 Å². The molecule has 1 aromatic carbocycles. The van der Waals surface area contributed by atoms with Gasteiger partial charge >= 0.3 is 0 Å². The van der Waals surface area contributed by atoms with Gasteiger partial charge in [-0.3, -0.25) is 9.69 Å². The van der Waals surface area contributed by atoms with Gasteiger partial charge in [-0.05, 0) is 64.1 Å². The van der Waals surface area contributed by atoms with E-state index in [9.17, 15) is 4.79 Å². The first-order valence-electron chi connectivity index (χ1n) is 13.3. The van der Waals surface area contributed by atoms with Gasteiger partial charge < -0.3 is 15.2 Å². The molecule has 2 bridgehead atoms. The van der Waals surface area contributed by atoms with Crippen molar-refractivity contribution in [3.63, 3.8) is 0 Å². The van der Waals surface area contributed by atoms with Crippen LogP contribution in [-0.2, 0) is 4.79 Å². The number of hydrogen-bond acceptors (Lipinski definition) is 5. The summed E-state index contributed by atoms with van der Waals surface area (Å²) in [6, 6.07) is 12.2. The number of amides is 1. The number of piperidine rings is 1. The maximum atomic E-state index is 13.1. The summed E-state index contributed by atoms with van der Waals surface area (Å²) in [7, 11) is 0. The third-order valence-corrected chi connectivity index (χ3v) is 8.29. The molecule has 34 heavy (non-hydrogen) atoms. The molecular weight excluding hydrogens is 424 g/mol. The van der Waals surface area contributed by atoms with Gasteiger partial charge in [0.1, 0.15) is 11.6 Å². The largest absolute Gasteiger partial charge is 0.349 e. The van der Waals surface area contributed by atoms with E-state index in [1.54, 1.807) is 0 Å². The monoisotopic (exact) mass is 464 g/mol. The molecule has 0 saturated carbocycles. The molecule has 1 aromatic heterocycles. The Bertz CT molecular complexity index is 967. The molecule has 3 aliphatic heterocycles. The molecular formula is C27H40N6O. The molecule has 4 heterocycles. The lowest BCUT2D eigenvalue weighted by Gasteiger charge is -2.30. The lowest BCUT2D eigenvalue weighted by molar-refractivity contribution is -0.126. The first kappa shape index (κ1) is 23.5. The Kier molecular flexibility index (Phi) is 7.02. The van der Waals surface area contributed by atoms with Crippen LogP contribution < -0.4 is 10.6 Å². The third-order valence-electron chi connectivity index (χ3n) is 8.29. The highest BCUT2D eigenvalue weighted by Crippen LogP contribution is 2.45. The standard InChI is InChI=1S/C27H40N6O/c1-18(2)26-31-30-19(3)33(26)25-17-22-9-10-24(25)32(22)16-13-23(20-7-5-4-6-8-20)29-27(34)21-11-14-28-15-12-21/h4-8,18,21-25,28H,9-17H2,1-3H3,(H,29,34)/t22?,23-,24?,25?/m0/s1. The number of carbonyl (C=O) groups excluding carboxylic acids is 1. The molecule has 3 unspecified atom stereocenters. The summed E-state index contributed by atoms with van der Waals surface area (Å²) in [5, 5.41) is 15.7. The van der Waals surface area contributed by atoms with Crippen LogP contribution in [-0.4, -0.2) is 57.3 Å². The van der Waals surface area contributed by atoms with Crippen molar-refractivity contribution in [2.75, 3.05) is 19.6 Å². The summed E-state index contributed by atoms with van der Waals surface area (Å²) in [6.45, 7) is 9.40. The number of benzene rings is 1. The molecule has 0 radical (unpaired) electrons. The minimum absolute atomic E-state index is 0.0601. The summed E-state index contributed by atoms with van der Waals surface area (Å²) in [5.74, 6) is 2.88. The Balaban J connectivity index is 1.29. The number of aromatic nitrogens is 3. The summed E-state index contributed by atoms with van der Waals surface area (Å²) >= 11 is 0. The highest BCUT2D eigenvalue weighted by atomic mass is 16.1. The quantitative estimate of drug-likeness (QED) is 0.623. The van der Waals surface area contributed by atoms with E-state index in [2.05, 4.69) is 75.3 Å². The van der Waals surface area contributed by atoms with Gasteiger partial charge in [0, 0.05) is 30.5 Å². The molecule has 0 spiro atoms. The van der Waals surface area contributed by atoms with Crippen LogP contribution in [0.3, 0.4) is 0 Å². The second-order valence-corrected chi connectivity index (χ2v) is 10.8. The molecule has 184 valence electrons. The SMILES string of the molecule is Cc1nnc(C(C)C)n1C1CC2CCC1N2CC[C@H](NC(=O)C1CCNCC1)c1ccccc1. The molecule has 2 N–H and O–H groups in total. The van der Waals surface area contributed by atoms with Crippen molar-refractivity contribution in [2.24, 2.45) is 5.92 Å². The summed E-state index contributed by atoms with van der Waals surface area (Å²) in [5.41, 5.74) is 1.21. The predicted molar refractivity (Wildman–Crippen MR) is 134 cm³/mol. The third kappa shape index (κ3) is 4.65. The molecule has 2 aromatic rings. The Hall–Kier alpha value is -2.25. The molecule has 5 rings (SSSR count). The van der Waals surface area contributed by atoms with E-state index in [0.717, 1.165) is 50.5 Å². The van der Waals surface area contributed by atoms with Crippen LogP contribution in [0, 0.1) is 12.8 Å². The van der Waals surface area contributed by atoms with Crippen LogP contribution in [0.15, 0.2) is 30.3 Å². The zero-order valence-corrected chi connectivity index (χ0v) is 20.9. The maximum Gasteiger partial charge on any atom is 0.223 e. The lowest BCUT2D eigenvalue weighted by Crippen LogP contribution is -2.41. The molecule has 7 nitrogen and oxygen atoms in total. The number of fused-ring (bicyclic) bond motifs is 2. The van der Waals surface area contributed by atoms with Crippen LogP contribution in [0.25, 0.3) is 0 Å². The first-order valence-corrected chi connectivity index (χ1v) is 13.3. The summed E-state index contributed by atoms with van der Waals surface area (Å²) in [4.78, 5) is 15.8. The zero-order chi connectivity index (χ0) is 23.7. The fraction of sp³-hybridized carbons (Fsp3) is 0.667. The number of rotatable bonds is 8. The molecule has 3 fully saturated rings. The predicted octanol–water partition coefficient (Wildman–Crippen LogP) is 3.73. The van der Waals surface area contributed by atoms with Gasteiger partial charge in [0.15, 0.2) is 0 Å². The fourth-order valence-electron chi connectivity index (χ4n) is 6.54. The number of aryl methyl sites for hydroxylation is 1. The van der Waals surface area contributed by atoms with Crippen molar-refractivity contribution in [2.45, 2.75) is 89.4 Å². The number of nitrogens with one attached hydrogen (secondary N) is 2. The van der Waals surface area contributed by atoms with Gasteiger partial charge in [0.2, 0.25) is 5.91 Å². The van der Waals surface area contributed by atoms with E-state index in [-0.39, 0.29) is 17.9 Å². The zero-order valence-electron chi connectivity index (χ0n) is 20.9. The number of carbonyl (C=O) groups is 1. The van der Waals surface area contributed by atoms with Gasteiger partial charge in [0.05, 0.1) is 12.1 Å². The number of hydrogen-bond donors (Lipinski definition) is 2. The van der Waals surface area contributed by atoms with E-state index >= 15 is 0 Å². The van der Waals surface area contributed by atoms with Gasteiger partial charge in [0.25, 0.3) is 0 Å². The van der Waals surface area contributed by atoms with Crippen molar-refractivity contribution in [3.8, 4) is 0 Å². The molecule has 3 aliphatic rings. The molecule has 0 aliphatic carbocycles. The average molecular weight is 465 g/mol. The van der Waals surface area contributed by atoms with E-state index in [1.165, 1.54) is 24.8 Å². The van der Waals surface area contributed by atoms with Crippen molar-refractivity contribution in [1.29, 1.82) is 0 Å². The van der Waals surface area contributed by atoms with E-state index in [4.69, 9.17) is 0 Å². The topological polar surface area (TPSA) is 75.1 Å². The van der Waals surface area contributed by atoms with Gasteiger partial charge in [-0.25, -0.2) is 0 Å². The van der Waals surface area contributed by atoms with Crippen LogP contribution in [0.4, 0.5) is 0 Å². The van der Waals surface area contributed by atoms with Crippen LogP contribution in [0.1, 0.15) is 87.6 Å². The smallest absolute Gasteiger partial charge is 0.223 e. The summed E-state index contributed by atoms with van der Waals surface area (Å²) < 4.78 is 2.43. The summed E-state index contributed by atoms with van der Waals surface area (Å²) in [6.07, 6.45) is 6.50. The Morgan fingerprint density at radius 3 is 2.59 bits per heavy atom. The maximum absolute atomic E-state index is 13.1. The van der Waals surface area contributed by atoms with Crippen LogP contribution in [0.2, 0.25) is 0 Å². The van der Waals surface area contributed by atoms with Crippen molar-refractivity contribution in [1.82, 2.24) is 30.3 Å². The van der Waals surface area contributed by atoms with Crippen molar-refractivity contribution in [3.05, 3.63) is 47.5 Å². The second kappa shape index (κ2) is 10.2. The molecule has 3 saturated heterocycles. The van der Waals surface area contributed by atoms with Crippen LogP contribution >= 0.6 is 0 Å². The second-order valence-electron chi connectivity index (χ2n) is 10.8. The molecule has 1 amide bonds. The van der Waals surface area contributed by atoms with Crippen LogP contribution in [0.5, 0.6) is 0 Å². The van der Waals surface area contributed by atoms with E-state index in [1.807, 2.05) is 6.07 Å². The number of nitrogens with zero attached hydrogens (tertiary/aromatic N) is 4. The minimum atomic E-state index is 0.0601. The fourth-order valence-corrected chi connectivity index (χ4v) is 6.54. The normalized spacial score (nSPS) is 26.3. The molecule has 4 atom stereocenters. The van der Waals surface area contributed by atoms with Gasteiger partial charge in [-0.15, -0.1) is 10.2 Å². The van der Waals surface area contributed by atoms with E-state index in [0.29, 0.717) is 24.0 Å². The average Bonchev–Trinajstić information content (AvgIpc) is 3.54. The Morgan fingerprint density at radius 1 is 1.09 bits per heavy atom. The van der Waals surface area contributed by atoms with Crippen molar-refractivity contribution < 1.29 is 4.79 Å². The van der Waals surface area contributed by atoms with Crippen molar-refractivity contribution >= 4 is 5.91 Å². The van der Waals surface area contributed by atoms with Gasteiger partial charge in [-0.1, -0.05) is 44.2 Å². The van der Waals surface area contributed by atoms with Gasteiger partial charge in [-0.2, -0.15) is 0 Å². The van der Waals surface area contributed by atoms with E-state index < -0.39 is 0 Å². The first-order chi connectivity index (χ1) is 16.5. The lowest BCUT2D eigenvalue weighted by atomic mass is 9.94. The highest BCUT2D eigenvalue weighted by molar-refractivity contribution is 5.79. The minimum Gasteiger partial charge on any atom is -0.349 e. The molecule has 7 heteroatoms. The highest BCUT2D eigenvalue weighted by Gasteiger charge is 2.47.